The zero-order valence-corrected chi connectivity index (χ0v) is 16.4. The first kappa shape index (κ1) is 19.3. The maximum Gasteiger partial charge on any atom is 0.229 e. The molecule has 0 aliphatic carbocycles. The molecule has 0 unspecified atom stereocenters. The molecule has 1 saturated heterocycles. The lowest BCUT2D eigenvalue weighted by Crippen LogP contribution is -2.41. The van der Waals surface area contributed by atoms with Gasteiger partial charge in [-0.15, -0.1) is 0 Å². The summed E-state index contributed by atoms with van der Waals surface area (Å²) in [6, 6.07) is 15.2. The van der Waals surface area contributed by atoms with Gasteiger partial charge in [0.2, 0.25) is 5.91 Å². The van der Waals surface area contributed by atoms with Crippen LogP contribution in [-0.4, -0.2) is 29.0 Å². The Bertz CT molecular complexity index is 1030. The van der Waals surface area contributed by atoms with Crippen molar-refractivity contribution in [1.82, 2.24) is 9.97 Å². The molecule has 1 amide bonds. The van der Waals surface area contributed by atoms with Gasteiger partial charge in [-0.2, -0.15) is 0 Å². The largest absolute Gasteiger partial charge is 0.356 e. The summed E-state index contributed by atoms with van der Waals surface area (Å²) in [6.45, 7) is 1.37. The Labute approximate surface area is 173 Å². The highest BCUT2D eigenvalue weighted by Crippen LogP contribution is 2.25. The minimum Gasteiger partial charge on any atom is -0.356 e. The second kappa shape index (κ2) is 8.57. The second-order valence-electron chi connectivity index (χ2n) is 7.03. The molecule has 0 bridgehead atoms. The molecule has 1 aliphatic rings. The van der Waals surface area contributed by atoms with Crippen LogP contribution in [0.25, 0.3) is 11.4 Å². The molecule has 3 aromatic rings. The van der Waals surface area contributed by atoms with E-state index in [0.29, 0.717) is 28.6 Å². The van der Waals surface area contributed by atoms with Gasteiger partial charge in [0.15, 0.2) is 5.82 Å². The van der Waals surface area contributed by atoms with E-state index in [0.717, 1.165) is 25.2 Å². The van der Waals surface area contributed by atoms with E-state index >= 15 is 0 Å². The fraction of sp³-hybridized carbons (Fsp3) is 0.227. The molecule has 7 heteroatoms. The Morgan fingerprint density at radius 2 is 2.03 bits per heavy atom. The molecule has 1 atom stereocenters. The first-order valence-electron chi connectivity index (χ1n) is 9.49. The zero-order chi connectivity index (χ0) is 20.2. The molecular weight excluding hydrogens is 391 g/mol. The lowest BCUT2D eigenvalue weighted by atomic mass is 9.97. The quantitative estimate of drug-likeness (QED) is 0.671. The number of nitrogens with zero attached hydrogens (tertiary/aromatic N) is 3. The molecule has 0 spiro atoms. The summed E-state index contributed by atoms with van der Waals surface area (Å²) in [5.74, 6) is 0.686. The third kappa shape index (κ3) is 4.71. The maximum atomic E-state index is 13.5. The van der Waals surface area contributed by atoms with Gasteiger partial charge >= 0.3 is 0 Å². The van der Waals surface area contributed by atoms with Crippen molar-refractivity contribution < 1.29 is 9.18 Å². The highest BCUT2D eigenvalue weighted by atomic mass is 35.5. The minimum absolute atomic E-state index is 0.0311. The van der Waals surface area contributed by atoms with E-state index < -0.39 is 0 Å². The van der Waals surface area contributed by atoms with E-state index in [4.69, 9.17) is 11.6 Å². The van der Waals surface area contributed by atoms with Crippen LogP contribution in [0, 0.1) is 11.7 Å². The zero-order valence-electron chi connectivity index (χ0n) is 15.7. The van der Waals surface area contributed by atoms with E-state index in [2.05, 4.69) is 20.2 Å². The van der Waals surface area contributed by atoms with Gasteiger partial charge in [-0.1, -0.05) is 29.8 Å². The van der Waals surface area contributed by atoms with E-state index in [1.165, 1.54) is 12.1 Å². The molecule has 1 aliphatic heterocycles. The Hall–Kier alpha value is -2.99. The van der Waals surface area contributed by atoms with Gasteiger partial charge in [-0.25, -0.2) is 14.4 Å². The van der Waals surface area contributed by atoms with Gasteiger partial charge in [-0.3, -0.25) is 4.79 Å². The van der Waals surface area contributed by atoms with Crippen molar-refractivity contribution in [2.45, 2.75) is 12.8 Å². The van der Waals surface area contributed by atoms with Crippen LogP contribution in [0.5, 0.6) is 0 Å². The van der Waals surface area contributed by atoms with E-state index in [1.807, 2.05) is 12.1 Å². The molecule has 2 heterocycles. The molecule has 4 rings (SSSR count). The van der Waals surface area contributed by atoms with Crippen LogP contribution in [0.3, 0.4) is 0 Å². The van der Waals surface area contributed by atoms with Crippen LogP contribution in [0.1, 0.15) is 12.8 Å². The van der Waals surface area contributed by atoms with Crippen molar-refractivity contribution in [3.63, 3.8) is 0 Å². The predicted octanol–water partition coefficient (Wildman–Crippen LogP) is 4.79. The van der Waals surface area contributed by atoms with Gasteiger partial charge < -0.3 is 10.2 Å². The number of carbonyl (C=O) groups excluding carboxylic acids is 1. The molecule has 148 valence electrons. The fourth-order valence-corrected chi connectivity index (χ4v) is 3.69. The number of benzene rings is 2. The number of rotatable bonds is 4. The summed E-state index contributed by atoms with van der Waals surface area (Å²) < 4.78 is 13.5. The van der Waals surface area contributed by atoms with Crippen LogP contribution in [0.15, 0.2) is 60.8 Å². The monoisotopic (exact) mass is 410 g/mol. The topological polar surface area (TPSA) is 58.1 Å². The number of nitrogens with one attached hydrogen (secondary N) is 1. The van der Waals surface area contributed by atoms with Crippen molar-refractivity contribution >= 4 is 29.0 Å². The van der Waals surface area contributed by atoms with Crippen LogP contribution in [0.4, 0.5) is 15.9 Å². The number of amides is 1. The summed E-state index contributed by atoms with van der Waals surface area (Å²) in [5.41, 5.74) is 1.31. The van der Waals surface area contributed by atoms with E-state index in [1.54, 1.807) is 36.5 Å². The van der Waals surface area contributed by atoms with E-state index in [-0.39, 0.29) is 17.6 Å². The van der Waals surface area contributed by atoms with Gasteiger partial charge in [0, 0.05) is 35.6 Å². The Morgan fingerprint density at radius 3 is 2.86 bits per heavy atom. The van der Waals surface area contributed by atoms with Gasteiger partial charge in [0.05, 0.1) is 5.92 Å². The van der Waals surface area contributed by atoms with Gasteiger partial charge in [-0.05, 0) is 49.2 Å². The number of halogens is 2. The summed E-state index contributed by atoms with van der Waals surface area (Å²) in [5, 5.41) is 3.53. The molecular formula is C22H20ClFN4O. The molecule has 1 aromatic heterocycles. The lowest BCUT2D eigenvalue weighted by molar-refractivity contribution is -0.120. The Morgan fingerprint density at radius 1 is 1.17 bits per heavy atom. The summed E-state index contributed by atoms with van der Waals surface area (Å²) in [6.07, 6.45) is 3.36. The minimum atomic E-state index is -0.327. The van der Waals surface area contributed by atoms with Gasteiger partial charge in [0.25, 0.3) is 0 Å². The van der Waals surface area contributed by atoms with Crippen LogP contribution in [0.2, 0.25) is 5.02 Å². The SMILES string of the molecule is O=C(Nc1cccc(Cl)c1)[C@H]1CCCN(c2ccnc(-c3cccc(F)c3)n2)C1. The molecule has 0 saturated carbocycles. The third-order valence-electron chi connectivity index (χ3n) is 4.93. The molecule has 2 aromatic carbocycles. The van der Waals surface area contributed by atoms with Crippen LogP contribution >= 0.6 is 11.6 Å². The number of aromatic nitrogens is 2. The van der Waals surface area contributed by atoms with Crippen molar-refractivity contribution in [3.05, 3.63) is 71.6 Å². The molecule has 0 radical (unpaired) electrons. The average Bonchev–Trinajstić information content (AvgIpc) is 2.74. The van der Waals surface area contributed by atoms with Crippen LogP contribution in [-0.2, 0) is 4.79 Å². The summed E-state index contributed by atoms with van der Waals surface area (Å²) >= 11 is 6.00. The van der Waals surface area contributed by atoms with Gasteiger partial charge in [0.1, 0.15) is 11.6 Å². The number of hydrogen-bond donors (Lipinski definition) is 1. The average molecular weight is 411 g/mol. The highest BCUT2D eigenvalue weighted by Gasteiger charge is 2.27. The van der Waals surface area contributed by atoms with Crippen molar-refractivity contribution in [2.24, 2.45) is 5.92 Å². The standard InChI is InChI=1S/C22H20ClFN4O/c23-17-6-2-8-19(13-17)26-22(29)16-5-3-11-28(14-16)20-9-10-25-21(27-20)15-4-1-7-18(24)12-15/h1-2,4,6-10,12-13,16H,3,5,11,14H2,(H,26,29)/t16-/m0/s1. The Balaban J connectivity index is 1.48. The van der Waals surface area contributed by atoms with Crippen molar-refractivity contribution in [2.75, 3.05) is 23.3 Å². The number of piperidine rings is 1. The summed E-state index contributed by atoms with van der Waals surface area (Å²) in [4.78, 5) is 23.7. The Kier molecular flexibility index (Phi) is 5.71. The smallest absolute Gasteiger partial charge is 0.229 e. The summed E-state index contributed by atoms with van der Waals surface area (Å²) in [7, 11) is 0. The maximum absolute atomic E-state index is 13.5. The van der Waals surface area contributed by atoms with Crippen LogP contribution < -0.4 is 10.2 Å². The molecule has 29 heavy (non-hydrogen) atoms. The van der Waals surface area contributed by atoms with Crippen molar-refractivity contribution in [3.8, 4) is 11.4 Å². The van der Waals surface area contributed by atoms with E-state index in [9.17, 15) is 9.18 Å². The van der Waals surface area contributed by atoms with Crippen molar-refractivity contribution in [1.29, 1.82) is 0 Å². The second-order valence-corrected chi connectivity index (χ2v) is 7.47. The number of anilines is 2. The molecule has 1 N–H and O–H groups in total. The number of carbonyl (C=O) groups is 1. The lowest BCUT2D eigenvalue weighted by Gasteiger charge is -2.33. The fourth-order valence-electron chi connectivity index (χ4n) is 3.50. The molecule has 1 fully saturated rings. The first-order chi connectivity index (χ1) is 14.1. The highest BCUT2D eigenvalue weighted by molar-refractivity contribution is 6.30. The number of hydrogen-bond acceptors (Lipinski definition) is 4. The predicted molar refractivity (Wildman–Crippen MR) is 112 cm³/mol. The molecule has 5 nitrogen and oxygen atoms in total. The normalized spacial score (nSPS) is 16.5. The third-order valence-corrected chi connectivity index (χ3v) is 5.17. The first-order valence-corrected chi connectivity index (χ1v) is 9.87.